The number of hydrogen-bond acceptors (Lipinski definition) is 4. The Morgan fingerprint density at radius 1 is 1.17 bits per heavy atom. The average molecular weight is 260 g/mol. The van der Waals surface area contributed by atoms with Crippen LogP contribution in [0.15, 0.2) is 30.5 Å². The summed E-state index contributed by atoms with van der Waals surface area (Å²) in [7, 11) is 0. The maximum Gasteiger partial charge on any atom is 0.145 e. The van der Waals surface area contributed by atoms with Crippen LogP contribution in [0.4, 0.5) is 11.5 Å². The molecule has 0 unspecified atom stereocenters. The quantitative estimate of drug-likeness (QED) is 0.626. The topological polar surface area (TPSA) is 93.6 Å². The van der Waals surface area contributed by atoms with Crippen molar-refractivity contribution in [2.75, 3.05) is 11.5 Å². The molecule has 90 valence electrons. The Labute approximate surface area is 108 Å². The molecule has 5 nitrogen and oxygen atoms in total. The van der Waals surface area contributed by atoms with Gasteiger partial charge in [-0.1, -0.05) is 23.7 Å². The lowest BCUT2D eigenvalue weighted by Gasteiger charge is -2.07. The lowest BCUT2D eigenvalue weighted by Crippen LogP contribution is -1.98. The zero-order chi connectivity index (χ0) is 12.7. The second kappa shape index (κ2) is 3.89. The molecule has 3 rings (SSSR count). The van der Waals surface area contributed by atoms with Gasteiger partial charge in [0.25, 0.3) is 0 Å². The standard InChI is InChI=1S/C12H10ClN5/c13-10-11(14)7-2-1-6(8-3-4-16-18-8)5-9(7)17-12(10)15/h1-5H,(H,16,18)(H4,14,15,17). The highest BCUT2D eigenvalue weighted by Crippen LogP contribution is 2.33. The second-order valence-electron chi connectivity index (χ2n) is 3.93. The van der Waals surface area contributed by atoms with E-state index in [1.54, 1.807) is 6.20 Å². The number of aromatic nitrogens is 3. The van der Waals surface area contributed by atoms with Gasteiger partial charge in [0.05, 0.1) is 16.9 Å². The van der Waals surface area contributed by atoms with Gasteiger partial charge in [-0.3, -0.25) is 5.10 Å². The smallest absolute Gasteiger partial charge is 0.145 e. The number of H-pyrrole nitrogens is 1. The summed E-state index contributed by atoms with van der Waals surface area (Å²) < 4.78 is 0. The number of fused-ring (bicyclic) bond motifs is 1. The molecule has 0 saturated heterocycles. The van der Waals surface area contributed by atoms with E-state index in [1.165, 1.54) is 0 Å². The molecule has 3 aromatic rings. The van der Waals surface area contributed by atoms with Gasteiger partial charge in [0.15, 0.2) is 0 Å². The molecule has 0 bridgehead atoms. The third-order valence-corrected chi connectivity index (χ3v) is 3.20. The highest BCUT2D eigenvalue weighted by atomic mass is 35.5. The maximum atomic E-state index is 5.97. The molecule has 0 spiro atoms. The molecule has 0 amide bonds. The number of nitrogens with zero attached hydrogens (tertiary/aromatic N) is 2. The van der Waals surface area contributed by atoms with Gasteiger partial charge in [0, 0.05) is 17.1 Å². The van der Waals surface area contributed by atoms with E-state index in [0.29, 0.717) is 16.2 Å². The first-order chi connectivity index (χ1) is 8.66. The van der Waals surface area contributed by atoms with Crippen molar-refractivity contribution in [2.24, 2.45) is 0 Å². The Morgan fingerprint density at radius 3 is 2.72 bits per heavy atom. The van der Waals surface area contributed by atoms with Crippen LogP contribution in [0.3, 0.4) is 0 Å². The Hall–Kier alpha value is -2.27. The van der Waals surface area contributed by atoms with E-state index in [9.17, 15) is 0 Å². The molecule has 0 fully saturated rings. The highest BCUT2D eigenvalue weighted by Gasteiger charge is 2.10. The average Bonchev–Trinajstić information content (AvgIpc) is 2.89. The monoisotopic (exact) mass is 259 g/mol. The van der Waals surface area contributed by atoms with Gasteiger partial charge in [-0.2, -0.15) is 5.10 Å². The normalized spacial score (nSPS) is 10.9. The van der Waals surface area contributed by atoms with Crippen molar-refractivity contribution in [3.05, 3.63) is 35.5 Å². The van der Waals surface area contributed by atoms with Crippen LogP contribution in [-0.2, 0) is 0 Å². The molecule has 0 aliphatic rings. The molecular formula is C12H10ClN5. The van der Waals surface area contributed by atoms with Gasteiger partial charge in [-0.15, -0.1) is 0 Å². The van der Waals surface area contributed by atoms with Crippen LogP contribution in [0.25, 0.3) is 22.2 Å². The van der Waals surface area contributed by atoms with Gasteiger partial charge < -0.3 is 11.5 Å². The fourth-order valence-corrected chi connectivity index (χ4v) is 2.02. The van der Waals surface area contributed by atoms with Crippen LogP contribution in [0, 0.1) is 0 Å². The third-order valence-electron chi connectivity index (χ3n) is 2.80. The van der Waals surface area contributed by atoms with E-state index < -0.39 is 0 Å². The van der Waals surface area contributed by atoms with Crippen molar-refractivity contribution >= 4 is 34.0 Å². The Morgan fingerprint density at radius 2 is 2.00 bits per heavy atom. The minimum Gasteiger partial charge on any atom is -0.397 e. The van der Waals surface area contributed by atoms with Crippen molar-refractivity contribution < 1.29 is 0 Å². The number of hydrogen-bond donors (Lipinski definition) is 3. The van der Waals surface area contributed by atoms with Crippen LogP contribution in [0.2, 0.25) is 5.02 Å². The molecule has 18 heavy (non-hydrogen) atoms. The molecule has 0 atom stereocenters. The summed E-state index contributed by atoms with van der Waals surface area (Å²) in [5.74, 6) is 0.239. The van der Waals surface area contributed by atoms with Gasteiger partial charge in [-0.25, -0.2) is 4.98 Å². The number of halogens is 1. The molecule has 5 N–H and O–H groups in total. The van der Waals surface area contributed by atoms with Crippen molar-refractivity contribution in [1.29, 1.82) is 0 Å². The molecule has 1 aromatic carbocycles. The molecule has 0 aliphatic heterocycles. The lowest BCUT2D eigenvalue weighted by molar-refractivity contribution is 1.10. The number of nitrogens with one attached hydrogen (secondary N) is 1. The van der Waals surface area contributed by atoms with Gasteiger partial charge >= 0.3 is 0 Å². The molecule has 6 heteroatoms. The summed E-state index contributed by atoms with van der Waals surface area (Å²) in [6.45, 7) is 0. The molecule has 0 saturated carbocycles. The summed E-state index contributed by atoms with van der Waals surface area (Å²) in [4.78, 5) is 4.24. The highest BCUT2D eigenvalue weighted by molar-refractivity contribution is 6.36. The van der Waals surface area contributed by atoms with Gasteiger partial charge in [0.1, 0.15) is 10.8 Å². The van der Waals surface area contributed by atoms with Gasteiger partial charge in [-0.05, 0) is 12.1 Å². The van der Waals surface area contributed by atoms with E-state index in [-0.39, 0.29) is 5.82 Å². The minimum atomic E-state index is 0.239. The number of nitrogen functional groups attached to an aromatic ring is 2. The first-order valence-electron chi connectivity index (χ1n) is 5.31. The van der Waals surface area contributed by atoms with Crippen LogP contribution in [-0.4, -0.2) is 15.2 Å². The summed E-state index contributed by atoms with van der Waals surface area (Å²) in [5, 5.41) is 7.90. The van der Waals surface area contributed by atoms with Crippen LogP contribution < -0.4 is 11.5 Å². The first kappa shape index (κ1) is 10.9. The maximum absolute atomic E-state index is 5.97. The first-order valence-corrected chi connectivity index (χ1v) is 5.68. The summed E-state index contributed by atoms with van der Waals surface area (Å²) >= 11 is 5.97. The zero-order valence-corrected chi connectivity index (χ0v) is 10.1. The lowest BCUT2D eigenvalue weighted by atomic mass is 10.1. The molecule has 0 radical (unpaired) electrons. The van der Waals surface area contributed by atoms with E-state index >= 15 is 0 Å². The molecule has 2 heterocycles. The van der Waals surface area contributed by atoms with Crippen LogP contribution in [0.5, 0.6) is 0 Å². The van der Waals surface area contributed by atoms with Crippen molar-refractivity contribution in [3.63, 3.8) is 0 Å². The Balaban J connectivity index is 2.28. The van der Waals surface area contributed by atoms with E-state index in [1.807, 2.05) is 24.3 Å². The van der Waals surface area contributed by atoms with Gasteiger partial charge in [0.2, 0.25) is 0 Å². The predicted molar refractivity (Wildman–Crippen MR) is 73.2 cm³/mol. The van der Waals surface area contributed by atoms with E-state index in [2.05, 4.69) is 15.2 Å². The SMILES string of the molecule is Nc1nc2cc(-c3ccn[nH]3)ccc2c(N)c1Cl. The van der Waals surface area contributed by atoms with Crippen molar-refractivity contribution in [3.8, 4) is 11.3 Å². The van der Waals surface area contributed by atoms with Crippen LogP contribution >= 0.6 is 11.6 Å². The molecule has 2 aromatic heterocycles. The summed E-state index contributed by atoms with van der Waals surface area (Å²) in [5.41, 5.74) is 14.7. The van der Waals surface area contributed by atoms with Crippen molar-refractivity contribution in [2.45, 2.75) is 0 Å². The zero-order valence-electron chi connectivity index (χ0n) is 9.31. The number of nitrogens with two attached hydrogens (primary N) is 2. The Kier molecular flexibility index (Phi) is 2.34. The van der Waals surface area contributed by atoms with E-state index in [0.717, 1.165) is 16.6 Å². The summed E-state index contributed by atoms with van der Waals surface area (Å²) in [6.07, 6.45) is 1.69. The third kappa shape index (κ3) is 1.56. The number of pyridine rings is 1. The largest absolute Gasteiger partial charge is 0.397 e. The second-order valence-corrected chi connectivity index (χ2v) is 4.30. The fraction of sp³-hybridized carbons (Fsp3) is 0. The van der Waals surface area contributed by atoms with E-state index in [4.69, 9.17) is 23.1 Å². The van der Waals surface area contributed by atoms with Crippen LogP contribution in [0.1, 0.15) is 0 Å². The molecule has 0 aliphatic carbocycles. The number of anilines is 2. The number of aromatic amines is 1. The number of rotatable bonds is 1. The fourth-order valence-electron chi connectivity index (χ4n) is 1.87. The minimum absolute atomic E-state index is 0.239. The summed E-state index contributed by atoms with van der Waals surface area (Å²) in [6, 6.07) is 7.58. The van der Waals surface area contributed by atoms with Crippen molar-refractivity contribution in [1.82, 2.24) is 15.2 Å². The Bertz CT molecular complexity index is 721. The number of benzene rings is 1. The molecular weight excluding hydrogens is 250 g/mol. The predicted octanol–water partition coefficient (Wildman–Crippen LogP) is 2.44.